The summed E-state index contributed by atoms with van der Waals surface area (Å²) in [6.45, 7) is 2.22. The van der Waals surface area contributed by atoms with Crippen molar-refractivity contribution in [3.8, 4) is 0 Å². The van der Waals surface area contributed by atoms with Crippen LogP contribution in [0.15, 0.2) is 36.5 Å². The van der Waals surface area contributed by atoms with Gasteiger partial charge in [0.2, 0.25) is 0 Å². The summed E-state index contributed by atoms with van der Waals surface area (Å²) >= 11 is 0. The first-order valence-electron chi connectivity index (χ1n) is 5.43. The molecule has 0 amide bonds. The second kappa shape index (κ2) is 5.22. The van der Waals surface area contributed by atoms with Gasteiger partial charge in [0.25, 0.3) is 5.69 Å². The molecule has 6 heteroatoms. The molecule has 0 atom stereocenters. The van der Waals surface area contributed by atoms with Gasteiger partial charge in [-0.25, -0.2) is 0 Å². The molecule has 0 saturated carbocycles. The molecule has 0 aliphatic carbocycles. The van der Waals surface area contributed by atoms with Gasteiger partial charge in [-0.2, -0.15) is 5.10 Å². The zero-order valence-electron chi connectivity index (χ0n) is 9.83. The highest BCUT2D eigenvalue weighted by Gasteiger charge is 2.12. The number of nitrogens with zero attached hydrogens (tertiary/aromatic N) is 3. The molecule has 1 aromatic heterocycles. The minimum Gasteiger partial charge on any atom is -0.364 e. The quantitative estimate of drug-likeness (QED) is 0.659. The molecule has 1 aromatic carbocycles. The highest BCUT2D eigenvalue weighted by molar-refractivity contribution is 5.46. The molecule has 2 aromatic rings. The van der Waals surface area contributed by atoms with Gasteiger partial charge in [-0.3, -0.25) is 10.1 Å². The lowest BCUT2D eigenvalue weighted by Gasteiger charge is -2.07. The molecule has 18 heavy (non-hydrogen) atoms. The van der Waals surface area contributed by atoms with Crippen LogP contribution >= 0.6 is 0 Å². The number of nitrogens with one attached hydrogen (secondary N) is 1. The fourth-order valence-corrected chi connectivity index (χ4v) is 1.64. The maximum absolute atomic E-state index is 10.8. The lowest BCUT2D eigenvalue weighted by Crippen LogP contribution is -2.04. The van der Waals surface area contributed by atoms with E-state index >= 15 is 0 Å². The third kappa shape index (κ3) is 2.60. The van der Waals surface area contributed by atoms with Gasteiger partial charge in [-0.15, -0.1) is 5.10 Å². The highest BCUT2D eigenvalue weighted by Crippen LogP contribution is 2.21. The Morgan fingerprint density at radius 3 is 2.83 bits per heavy atom. The molecule has 0 unspecified atom stereocenters. The van der Waals surface area contributed by atoms with E-state index < -0.39 is 0 Å². The van der Waals surface area contributed by atoms with Crippen LogP contribution in [0, 0.1) is 17.0 Å². The molecular formula is C12H12N4O2. The summed E-state index contributed by atoms with van der Waals surface area (Å²) in [5, 5.41) is 21.5. The van der Waals surface area contributed by atoms with Gasteiger partial charge in [-0.1, -0.05) is 12.1 Å². The van der Waals surface area contributed by atoms with Crippen LogP contribution in [0.1, 0.15) is 11.1 Å². The second-order valence-electron chi connectivity index (χ2n) is 3.78. The summed E-state index contributed by atoms with van der Waals surface area (Å²) in [5.74, 6) is 0.642. The van der Waals surface area contributed by atoms with Crippen LogP contribution in [0.3, 0.4) is 0 Å². The van der Waals surface area contributed by atoms with Gasteiger partial charge in [0, 0.05) is 24.4 Å². The molecular weight excluding hydrogens is 232 g/mol. The number of anilines is 1. The fraction of sp³-hybridized carbons (Fsp3) is 0.167. The predicted octanol–water partition coefficient (Wildman–Crippen LogP) is 2.31. The van der Waals surface area contributed by atoms with Crippen molar-refractivity contribution in [2.45, 2.75) is 13.5 Å². The topological polar surface area (TPSA) is 81.0 Å². The number of hydrogen-bond acceptors (Lipinski definition) is 5. The van der Waals surface area contributed by atoms with Gasteiger partial charge in [0.1, 0.15) is 5.82 Å². The average molecular weight is 244 g/mol. The summed E-state index contributed by atoms with van der Waals surface area (Å²) in [6.07, 6.45) is 1.59. The number of nitro benzene ring substituents is 1. The SMILES string of the molecule is Cc1c(CNc2cccnn2)cccc1[N+](=O)[O-]. The van der Waals surface area contributed by atoms with E-state index in [0.29, 0.717) is 17.9 Å². The van der Waals surface area contributed by atoms with Gasteiger partial charge in [0.15, 0.2) is 0 Å². The van der Waals surface area contributed by atoms with E-state index in [-0.39, 0.29) is 10.6 Å². The van der Waals surface area contributed by atoms with Gasteiger partial charge >= 0.3 is 0 Å². The standard InChI is InChI=1S/C12H12N4O2/c1-9-10(4-2-5-11(9)16(17)18)8-13-12-6-3-7-14-15-12/h2-7H,8H2,1H3,(H,13,15). The van der Waals surface area contributed by atoms with E-state index in [0.717, 1.165) is 5.56 Å². The maximum atomic E-state index is 10.8. The average Bonchev–Trinajstić information content (AvgIpc) is 2.38. The van der Waals surface area contributed by atoms with Crippen molar-refractivity contribution >= 4 is 11.5 Å². The van der Waals surface area contributed by atoms with Gasteiger partial charge in [-0.05, 0) is 24.6 Å². The van der Waals surface area contributed by atoms with Crippen LogP contribution in [-0.4, -0.2) is 15.1 Å². The molecule has 2 rings (SSSR count). The summed E-state index contributed by atoms with van der Waals surface area (Å²) in [4.78, 5) is 10.4. The van der Waals surface area contributed by atoms with E-state index in [2.05, 4.69) is 15.5 Å². The fourth-order valence-electron chi connectivity index (χ4n) is 1.64. The minimum absolute atomic E-state index is 0.133. The van der Waals surface area contributed by atoms with Crippen molar-refractivity contribution in [3.05, 3.63) is 57.8 Å². The Morgan fingerprint density at radius 2 is 2.17 bits per heavy atom. The Labute approximate surface area is 104 Å². The van der Waals surface area contributed by atoms with Crippen LogP contribution in [0.5, 0.6) is 0 Å². The summed E-state index contributed by atoms with van der Waals surface area (Å²) in [7, 11) is 0. The number of benzene rings is 1. The van der Waals surface area contributed by atoms with Crippen molar-refractivity contribution in [1.29, 1.82) is 0 Å². The van der Waals surface area contributed by atoms with Crippen LogP contribution in [0.25, 0.3) is 0 Å². The minimum atomic E-state index is -0.374. The normalized spacial score (nSPS) is 10.1. The van der Waals surface area contributed by atoms with Crippen molar-refractivity contribution in [2.24, 2.45) is 0 Å². The Bertz CT molecular complexity index is 557. The van der Waals surface area contributed by atoms with Crippen LogP contribution < -0.4 is 5.32 Å². The monoisotopic (exact) mass is 244 g/mol. The first kappa shape index (κ1) is 12.0. The Balaban J connectivity index is 2.15. The van der Waals surface area contributed by atoms with E-state index in [1.54, 1.807) is 31.3 Å². The molecule has 6 nitrogen and oxygen atoms in total. The first-order chi connectivity index (χ1) is 8.68. The maximum Gasteiger partial charge on any atom is 0.272 e. The van der Waals surface area contributed by atoms with Crippen LogP contribution in [0.4, 0.5) is 11.5 Å². The van der Waals surface area contributed by atoms with E-state index in [4.69, 9.17) is 0 Å². The Kier molecular flexibility index (Phi) is 3.47. The van der Waals surface area contributed by atoms with E-state index in [1.165, 1.54) is 6.07 Å². The molecule has 0 bridgehead atoms. The molecule has 0 spiro atoms. The van der Waals surface area contributed by atoms with Crippen LogP contribution in [0.2, 0.25) is 0 Å². The molecule has 0 saturated heterocycles. The number of rotatable bonds is 4. The molecule has 0 radical (unpaired) electrons. The smallest absolute Gasteiger partial charge is 0.272 e. The first-order valence-corrected chi connectivity index (χ1v) is 5.43. The lowest BCUT2D eigenvalue weighted by atomic mass is 10.1. The Hall–Kier alpha value is -2.50. The summed E-state index contributed by atoms with van der Waals surface area (Å²) in [5.41, 5.74) is 1.67. The molecule has 1 N–H and O–H groups in total. The lowest BCUT2D eigenvalue weighted by molar-refractivity contribution is -0.385. The number of nitro groups is 1. The summed E-state index contributed by atoms with van der Waals surface area (Å²) < 4.78 is 0. The highest BCUT2D eigenvalue weighted by atomic mass is 16.6. The molecule has 1 heterocycles. The molecule has 0 aliphatic heterocycles. The van der Waals surface area contributed by atoms with Crippen molar-refractivity contribution < 1.29 is 4.92 Å². The third-order valence-electron chi connectivity index (χ3n) is 2.65. The zero-order chi connectivity index (χ0) is 13.0. The predicted molar refractivity (Wildman–Crippen MR) is 67.2 cm³/mol. The van der Waals surface area contributed by atoms with Crippen molar-refractivity contribution in [1.82, 2.24) is 10.2 Å². The third-order valence-corrected chi connectivity index (χ3v) is 2.65. The molecule has 0 fully saturated rings. The van der Waals surface area contributed by atoms with Gasteiger partial charge < -0.3 is 5.32 Å². The van der Waals surface area contributed by atoms with E-state index in [1.807, 2.05) is 6.07 Å². The van der Waals surface area contributed by atoms with Crippen LogP contribution in [-0.2, 0) is 6.54 Å². The zero-order valence-corrected chi connectivity index (χ0v) is 9.83. The molecule has 0 aliphatic rings. The second-order valence-corrected chi connectivity index (χ2v) is 3.78. The Morgan fingerprint density at radius 1 is 1.33 bits per heavy atom. The van der Waals surface area contributed by atoms with Crippen molar-refractivity contribution in [3.63, 3.8) is 0 Å². The number of aromatic nitrogens is 2. The van der Waals surface area contributed by atoms with Gasteiger partial charge in [0.05, 0.1) is 4.92 Å². The summed E-state index contributed by atoms with van der Waals surface area (Å²) in [6, 6.07) is 8.60. The molecule has 92 valence electrons. The largest absolute Gasteiger partial charge is 0.364 e. The van der Waals surface area contributed by atoms with Crippen molar-refractivity contribution in [2.75, 3.05) is 5.32 Å². The number of hydrogen-bond donors (Lipinski definition) is 1. The van der Waals surface area contributed by atoms with E-state index in [9.17, 15) is 10.1 Å².